The second-order valence-corrected chi connectivity index (χ2v) is 2.17. The molecular formula is C5H12N2OS. The van der Waals surface area contributed by atoms with Gasteiger partial charge in [-0.2, -0.15) is 0 Å². The van der Waals surface area contributed by atoms with Crippen LogP contribution in [-0.4, -0.2) is 37.3 Å². The summed E-state index contributed by atoms with van der Waals surface area (Å²) in [5, 5.41) is 0.409. The molecule has 0 aromatic rings. The standard InChI is InChI=1S/C5H12N2OS/c1-7(5(6)9)3-4-8-2/h3-4H2,1-2H3,(H2,6,9). The number of methoxy groups -OCH3 is 1. The molecule has 0 amide bonds. The molecule has 0 aliphatic rings. The van der Waals surface area contributed by atoms with Crippen molar-refractivity contribution in [1.82, 2.24) is 4.90 Å². The average Bonchev–Trinajstić information content (AvgIpc) is 1.82. The smallest absolute Gasteiger partial charge is 0.166 e. The highest BCUT2D eigenvalue weighted by molar-refractivity contribution is 7.80. The quantitative estimate of drug-likeness (QED) is 0.563. The normalized spacial score (nSPS) is 9.11. The molecule has 0 rings (SSSR count). The molecule has 0 aliphatic carbocycles. The number of nitrogens with two attached hydrogens (primary N) is 1. The predicted molar refractivity (Wildman–Crippen MR) is 41.3 cm³/mol. The lowest BCUT2D eigenvalue weighted by Crippen LogP contribution is -2.34. The summed E-state index contributed by atoms with van der Waals surface area (Å²) in [4.78, 5) is 1.76. The minimum absolute atomic E-state index is 0.409. The molecule has 0 heterocycles. The molecule has 0 saturated carbocycles. The maximum absolute atomic E-state index is 5.28. The molecule has 0 spiro atoms. The highest BCUT2D eigenvalue weighted by atomic mass is 32.1. The van der Waals surface area contributed by atoms with Crippen LogP contribution < -0.4 is 5.73 Å². The van der Waals surface area contributed by atoms with Crippen molar-refractivity contribution in [3.05, 3.63) is 0 Å². The Bertz CT molecular complexity index is 97.0. The van der Waals surface area contributed by atoms with Gasteiger partial charge in [0.2, 0.25) is 0 Å². The van der Waals surface area contributed by atoms with E-state index in [1.807, 2.05) is 7.05 Å². The minimum Gasteiger partial charge on any atom is -0.383 e. The summed E-state index contributed by atoms with van der Waals surface area (Å²) in [6, 6.07) is 0. The molecule has 0 aliphatic heterocycles. The molecular weight excluding hydrogens is 136 g/mol. The highest BCUT2D eigenvalue weighted by Crippen LogP contribution is 1.80. The Hall–Kier alpha value is -0.350. The van der Waals surface area contributed by atoms with Crippen molar-refractivity contribution in [2.45, 2.75) is 0 Å². The molecule has 4 heteroatoms. The molecule has 3 nitrogen and oxygen atoms in total. The lowest BCUT2D eigenvalue weighted by Gasteiger charge is -2.14. The van der Waals surface area contributed by atoms with Crippen molar-refractivity contribution < 1.29 is 4.74 Å². The zero-order valence-corrected chi connectivity index (χ0v) is 6.57. The average molecular weight is 148 g/mol. The van der Waals surface area contributed by atoms with Gasteiger partial charge in [0.15, 0.2) is 5.11 Å². The molecule has 0 radical (unpaired) electrons. The van der Waals surface area contributed by atoms with E-state index in [9.17, 15) is 0 Å². The number of thiocarbonyl (C=S) groups is 1. The van der Waals surface area contributed by atoms with Crippen LogP contribution in [-0.2, 0) is 4.74 Å². The molecule has 0 bridgehead atoms. The van der Waals surface area contributed by atoms with E-state index in [0.29, 0.717) is 11.7 Å². The Morgan fingerprint density at radius 3 is 2.67 bits per heavy atom. The van der Waals surface area contributed by atoms with Gasteiger partial charge in [-0.25, -0.2) is 0 Å². The van der Waals surface area contributed by atoms with E-state index in [4.69, 9.17) is 10.5 Å². The highest BCUT2D eigenvalue weighted by Gasteiger charge is 1.95. The van der Waals surface area contributed by atoms with Crippen LogP contribution in [0.4, 0.5) is 0 Å². The number of rotatable bonds is 3. The van der Waals surface area contributed by atoms with Gasteiger partial charge in [-0.15, -0.1) is 0 Å². The van der Waals surface area contributed by atoms with Crippen LogP contribution in [0.2, 0.25) is 0 Å². The van der Waals surface area contributed by atoms with Gasteiger partial charge in [-0.3, -0.25) is 0 Å². The maximum Gasteiger partial charge on any atom is 0.166 e. The van der Waals surface area contributed by atoms with Crippen LogP contribution in [0, 0.1) is 0 Å². The van der Waals surface area contributed by atoms with E-state index < -0.39 is 0 Å². The van der Waals surface area contributed by atoms with E-state index in [-0.39, 0.29) is 0 Å². The topological polar surface area (TPSA) is 38.5 Å². The maximum atomic E-state index is 5.28. The zero-order valence-electron chi connectivity index (χ0n) is 5.76. The number of hydrogen-bond acceptors (Lipinski definition) is 2. The Morgan fingerprint density at radius 1 is 1.78 bits per heavy atom. The Kier molecular flexibility index (Phi) is 4.35. The first-order valence-electron chi connectivity index (χ1n) is 2.68. The van der Waals surface area contributed by atoms with Crippen molar-refractivity contribution in [1.29, 1.82) is 0 Å². The first-order valence-corrected chi connectivity index (χ1v) is 3.09. The van der Waals surface area contributed by atoms with Crippen LogP contribution in [0.3, 0.4) is 0 Å². The van der Waals surface area contributed by atoms with E-state index in [1.54, 1.807) is 12.0 Å². The molecule has 0 atom stereocenters. The van der Waals surface area contributed by atoms with Crippen molar-refractivity contribution in [2.75, 3.05) is 27.3 Å². The SMILES string of the molecule is COCCN(C)C(N)=S. The molecule has 0 fully saturated rings. The van der Waals surface area contributed by atoms with Crippen molar-refractivity contribution in [3.8, 4) is 0 Å². The largest absolute Gasteiger partial charge is 0.383 e. The summed E-state index contributed by atoms with van der Waals surface area (Å²) in [6.45, 7) is 1.42. The monoisotopic (exact) mass is 148 g/mol. The van der Waals surface area contributed by atoms with E-state index in [2.05, 4.69) is 12.2 Å². The minimum atomic E-state index is 0.409. The van der Waals surface area contributed by atoms with Gasteiger partial charge in [-0.1, -0.05) is 0 Å². The molecule has 0 unspecified atom stereocenters. The third-order valence-corrected chi connectivity index (χ3v) is 1.32. The van der Waals surface area contributed by atoms with Gasteiger partial charge in [0.25, 0.3) is 0 Å². The Morgan fingerprint density at radius 2 is 2.33 bits per heavy atom. The lowest BCUT2D eigenvalue weighted by atomic mass is 10.6. The van der Waals surface area contributed by atoms with Gasteiger partial charge < -0.3 is 15.4 Å². The Balaban J connectivity index is 3.27. The van der Waals surface area contributed by atoms with Crippen molar-refractivity contribution >= 4 is 17.3 Å². The molecule has 0 aromatic carbocycles. The Labute approximate surface area is 60.8 Å². The summed E-state index contributed by atoms with van der Waals surface area (Å²) in [7, 11) is 3.48. The number of likely N-dealkylation sites (N-methyl/N-ethyl adjacent to an activating group) is 1. The van der Waals surface area contributed by atoms with Gasteiger partial charge in [0, 0.05) is 20.7 Å². The molecule has 54 valence electrons. The third kappa shape index (κ3) is 4.17. The zero-order chi connectivity index (χ0) is 7.28. The van der Waals surface area contributed by atoms with E-state index in [0.717, 1.165) is 6.54 Å². The number of nitrogens with zero attached hydrogens (tertiary/aromatic N) is 1. The summed E-state index contributed by atoms with van der Waals surface area (Å²) in [6.07, 6.45) is 0. The van der Waals surface area contributed by atoms with E-state index in [1.165, 1.54) is 0 Å². The summed E-state index contributed by atoms with van der Waals surface area (Å²) < 4.78 is 4.81. The molecule has 0 aromatic heterocycles. The van der Waals surface area contributed by atoms with Gasteiger partial charge >= 0.3 is 0 Å². The second-order valence-electron chi connectivity index (χ2n) is 1.75. The van der Waals surface area contributed by atoms with Crippen LogP contribution >= 0.6 is 12.2 Å². The van der Waals surface area contributed by atoms with Crippen molar-refractivity contribution in [2.24, 2.45) is 5.73 Å². The molecule has 0 saturated heterocycles. The van der Waals surface area contributed by atoms with E-state index >= 15 is 0 Å². The van der Waals surface area contributed by atoms with Crippen LogP contribution in [0.15, 0.2) is 0 Å². The first-order chi connectivity index (χ1) is 4.18. The summed E-state index contributed by atoms with van der Waals surface area (Å²) in [5.41, 5.74) is 5.28. The fourth-order valence-electron chi connectivity index (χ4n) is 0.338. The second kappa shape index (κ2) is 4.52. The van der Waals surface area contributed by atoms with Crippen molar-refractivity contribution in [3.63, 3.8) is 0 Å². The number of hydrogen-bond donors (Lipinski definition) is 1. The third-order valence-electron chi connectivity index (χ3n) is 1.01. The van der Waals surface area contributed by atoms with Crippen LogP contribution in [0.5, 0.6) is 0 Å². The van der Waals surface area contributed by atoms with Gasteiger partial charge in [0.1, 0.15) is 0 Å². The molecule has 2 N–H and O–H groups in total. The first kappa shape index (κ1) is 8.65. The van der Waals surface area contributed by atoms with Gasteiger partial charge in [0.05, 0.1) is 6.61 Å². The van der Waals surface area contributed by atoms with Crippen LogP contribution in [0.25, 0.3) is 0 Å². The fourth-order valence-corrected chi connectivity index (χ4v) is 0.430. The fraction of sp³-hybridized carbons (Fsp3) is 0.800. The summed E-state index contributed by atoms with van der Waals surface area (Å²) in [5.74, 6) is 0. The predicted octanol–water partition coefficient (Wildman–Crippen LogP) is -0.192. The van der Waals surface area contributed by atoms with Crippen LogP contribution in [0.1, 0.15) is 0 Å². The molecule has 9 heavy (non-hydrogen) atoms. The summed E-state index contributed by atoms with van der Waals surface area (Å²) >= 11 is 4.68. The number of ether oxygens (including phenoxy) is 1. The lowest BCUT2D eigenvalue weighted by molar-refractivity contribution is 0.183. The van der Waals surface area contributed by atoms with Gasteiger partial charge in [-0.05, 0) is 12.2 Å².